The molecule has 0 unspecified atom stereocenters. The van der Waals surface area contributed by atoms with Gasteiger partial charge in [0.2, 0.25) is 0 Å². The first-order chi connectivity index (χ1) is 15.3. The van der Waals surface area contributed by atoms with E-state index in [1.807, 2.05) is 18.2 Å². The van der Waals surface area contributed by atoms with Gasteiger partial charge in [0.15, 0.2) is 0 Å². The Bertz CT molecular complexity index is 1180. The molecule has 0 spiro atoms. The average Bonchev–Trinajstić information content (AvgIpc) is 2.82. The fourth-order valence-corrected chi connectivity index (χ4v) is 4.31. The van der Waals surface area contributed by atoms with Crippen LogP contribution in [0.15, 0.2) is 77.7 Å². The Balaban J connectivity index is 1.74. The van der Waals surface area contributed by atoms with Gasteiger partial charge in [0.1, 0.15) is 24.7 Å². The summed E-state index contributed by atoms with van der Waals surface area (Å²) < 4.78 is 43.3. The van der Waals surface area contributed by atoms with Crippen molar-refractivity contribution in [1.82, 2.24) is 0 Å². The van der Waals surface area contributed by atoms with Crippen molar-refractivity contribution in [3.63, 3.8) is 0 Å². The second-order valence-electron chi connectivity index (χ2n) is 6.58. The average molecular weight is 476 g/mol. The number of nitrogens with zero attached hydrogens (tertiary/aromatic N) is 1. The zero-order chi connectivity index (χ0) is 23.1. The van der Waals surface area contributed by atoms with Gasteiger partial charge >= 0.3 is 5.97 Å². The van der Waals surface area contributed by atoms with E-state index in [9.17, 15) is 13.2 Å². The maximum Gasteiger partial charge on any atom is 0.339 e. The van der Waals surface area contributed by atoms with E-state index in [4.69, 9.17) is 25.8 Å². The van der Waals surface area contributed by atoms with Crippen LogP contribution in [-0.4, -0.2) is 41.8 Å². The van der Waals surface area contributed by atoms with Gasteiger partial charge in [-0.2, -0.15) is 0 Å². The Labute approximate surface area is 192 Å². The number of hydrogen-bond acceptors (Lipinski definition) is 6. The van der Waals surface area contributed by atoms with Crippen LogP contribution in [-0.2, 0) is 14.8 Å². The summed E-state index contributed by atoms with van der Waals surface area (Å²) >= 11 is 6.13. The predicted molar refractivity (Wildman–Crippen MR) is 122 cm³/mol. The molecule has 0 aromatic heterocycles. The number of sulfonamides is 1. The van der Waals surface area contributed by atoms with E-state index in [1.165, 1.54) is 32.4 Å². The Morgan fingerprint density at radius 1 is 0.969 bits per heavy atom. The molecule has 0 aliphatic heterocycles. The van der Waals surface area contributed by atoms with Gasteiger partial charge in [-0.15, -0.1) is 0 Å². The van der Waals surface area contributed by atoms with Gasteiger partial charge < -0.3 is 14.2 Å². The molecule has 0 saturated heterocycles. The third-order valence-corrected chi connectivity index (χ3v) is 6.67. The molecule has 0 fully saturated rings. The van der Waals surface area contributed by atoms with Crippen molar-refractivity contribution in [2.24, 2.45) is 0 Å². The molecule has 3 aromatic carbocycles. The minimum absolute atomic E-state index is 0.0256. The molecule has 0 atom stereocenters. The lowest BCUT2D eigenvalue weighted by Crippen LogP contribution is -2.27. The maximum atomic E-state index is 13.2. The van der Waals surface area contributed by atoms with Gasteiger partial charge in [0.05, 0.1) is 28.3 Å². The molecule has 0 heterocycles. The lowest BCUT2D eigenvalue weighted by molar-refractivity contribution is 0.0450. The second kappa shape index (κ2) is 10.4. The van der Waals surface area contributed by atoms with Gasteiger partial charge in [-0.25, -0.2) is 13.2 Å². The molecule has 32 heavy (non-hydrogen) atoms. The summed E-state index contributed by atoms with van der Waals surface area (Å²) in [4.78, 5) is 12.4. The van der Waals surface area contributed by atoms with Gasteiger partial charge in [-0.1, -0.05) is 41.9 Å². The molecule has 7 nitrogen and oxygen atoms in total. The van der Waals surface area contributed by atoms with E-state index in [2.05, 4.69) is 0 Å². The molecule has 0 aliphatic carbocycles. The van der Waals surface area contributed by atoms with Crippen LogP contribution >= 0.6 is 11.6 Å². The summed E-state index contributed by atoms with van der Waals surface area (Å²) in [6.07, 6.45) is 0. The van der Waals surface area contributed by atoms with Crippen molar-refractivity contribution < 1.29 is 27.4 Å². The normalized spacial score (nSPS) is 11.0. The molecule has 0 saturated carbocycles. The molecule has 3 aromatic rings. The van der Waals surface area contributed by atoms with E-state index >= 15 is 0 Å². The van der Waals surface area contributed by atoms with Crippen molar-refractivity contribution in [3.8, 4) is 11.5 Å². The van der Waals surface area contributed by atoms with E-state index < -0.39 is 16.0 Å². The number of methoxy groups -OCH3 is 1. The van der Waals surface area contributed by atoms with Crippen LogP contribution in [0, 0.1) is 0 Å². The van der Waals surface area contributed by atoms with Crippen molar-refractivity contribution in [2.75, 3.05) is 31.7 Å². The number of carbonyl (C=O) groups excluding carboxylic acids is 1. The number of anilines is 1. The molecule has 0 radical (unpaired) electrons. The van der Waals surface area contributed by atoms with Crippen molar-refractivity contribution in [3.05, 3.63) is 83.4 Å². The van der Waals surface area contributed by atoms with Crippen LogP contribution < -0.4 is 13.8 Å². The highest BCUT2D eigenvalue weighted by Crippen LogP contribution is 2.32. The number of benzene rings is 3. The van der Waals surface area contributed by atoms with Crippen molar-refractivity contribution in [2.45, 2.75) is 4.90 Å². The molecule has 0 amide bonds. The largest absolute Gasteiger partial charge is 0.495 e. The van der Waals surface area contributed by atoms with Crippen LogP contribution in [0.3, 0.4) is 0 Å². The highest BCUT2D eigenvalue weighted by atomic mass is 35.5. The molecule has 9 heteroatoms. The van der Waals surface area contributed by atoms with Gasteiger partial charge in [0.25, 0.3) is 10.0 Å². The number of esters is 1. The topological polar surface area (TPSA) is 82.1 Å². The van der Waals surface area contributed by atoms with Gasteiger partial charge in [-0.3, -0.25) is 4.31 Å². The molecule has 0 aliphatic rings. The standard InChI is InChI=1S/C23H22ClNO6S/c1-25(21-10-6-7-11-22(21)29-2)32(27,28)18-12-13-20(24)19(16-18)23(26)31-15-14-30-17-8-4-3-5-9-17/h3-13,16H,14-15H2,1-2H3. The summed E-state index contributed by atoms with van der Waals surface area (Å²) in [6, 6.07) is 19.7. The molecule has 168 valence electrons. The Hall–Kier alpha value is -3.23. The molecular weight excluding hydrogens is 454 g/mol. The number of carbonyl (C=O) groups is 1. The van der Waals surface area contributed by atoms with Crippen LogP contribution in [0.25, 0.3) is 0 Å². The first-order valence-corrected chi connectivity index (χ1v) is 11.4. The second-order valence-corrected chi connectivity index (χ2v) is 8.96. The number of rotatable bonds is 9. The van der Waals surface area contributed by atoms with Gasteiger partial charge in [0, 0.05) is 7.05 Å². The number of para-hydroxylation sites is 3. The third kappa shape index (κ3) is 5.33. The van der Waals surface area contributed by atoms with Gasteiger partial charge in [-0.05, 0) is 42.5 Å². The summed E-state index contributed by atoms with van der Waals surface area (Å²) in [6.45, 7) is 0.115. The van der Waals surface area contributed by atoms with E-state index in [0.29, 0.717) is 17.2 Å². The monoisotopic (exact) mass is 475 g/mol. The summed E-state index contributed by atoms with van der Waals surface area (Å²) in [7, 11) is -1.14. The van der Waals surface area contributed by atoms with Crippen molar-refractivity contribution >= 4 is 33.3 Å². The maximum absolute atomic E-state index is 13.2. The zero-order valence-corrected chi connectivity index (χ0v) is 19.1. The predicted octanol–water partition coefficient (Wildman–Crippen LogP) is 4.41. The number of ether oxygens (including phenoxy) is 3. The van der Waals surface area contributed by atoms with Crippen LogP contribution in [0.2, 0.25) is 5.02 Å². The first kappa shape index (κ1) is 23.4. The Kier molecular flexibility index (Phi) is 7.61. The quantitative estimate of drug-likeness (QED) is 0.337. The van der Waals surface area contributed by atoms with Crippen molar-refractivity contribution in [1.29, 1.82) is 0 Å². The van der Waals surface area contributed by atoms with E-state index in [-0.39, 0.29) is 28.7 Å². The number of halogens is 1. The van der Waals surface area contributed by atoms with Crippen LogP contribution in [0.1, 0.15) is 10.4 Å². The lowest BCUT2D eigenvalue weighted by atomic mass is 10.2. The molecule has 0 bridgehead atoms. The highest BCUT2D eigenvalue weighted by Gasteiger charge is 2.26. The molecule has 0 N–H and O–H groups in total. The van der Waals surface area contributed by atoms with Crippen LogP contribution in [0.4, 0.5) is 5.69 Å². The summed E-state index contributed by atoms with van der Waals surface area (Å²) in [5.74, 6) is 0.295. The highest BCUT2D eigenvalue weighted by molar-refractivity contribution is 7.92. The fraction of sp³-hybridized carbons (Fsp3) is 0.174. The smallest absolute Gasteiger partial charge is 0.339 e. The van der Waals surface area contributed by atoms with E-state index in [0.717, 1.165) is 4.31 Å². The first-order valence-electron chi connectivity index (χ1n) is 9.61. The molecular formula is C23H22ClNO6S. The third-order valence-electron chi connectivity index (χ3n) is 4.57. The Morgan fingerprint density at radius 2 is 1.66 bits per heavy atom. The Morgan fingerprint density at radius 3 is 2.38 bits per heavy atom. The lowest BCUT2D eigenvalue weighted by Gasteiger charge is -2.22. The van der Waals surface area contributed by atoms with E-state index in [1.54, 1.807) is 36.4 Å². The minimum atomic E-state index is -4.00. The zero-order valence-electron chi connectivity index (χ0n) is 17.5. The molecule has 3 rings (SSSR count). The summed E-state index contributed by atoms with van der Waals surface area (Å²) in [5, 5.41) is 0.0814. The minimum Gasteiger partial charge on any atom is -0.495 e. The SMILES string of the molecule is COc1ccccc1N(C)S(=O)(=O)c1ccc(Cl)c(C(=O)OCCOc2ccccc2)c1. The fourth-order valence-electron chi connectivity index (χ4n) is 2.89. The number of hydrogen-bond donors (Lipinski definition) is 0. The summed E-state index contributed by atoms with van der Waals surface area (Å²) in [5.41, 5.74) is 0.299. The van der Waals surface area contributed by atoms with Crippen LogP contribution in [0.5, 0.6) is 11.5 Å².